The highest BCUT2D eigenvalue weighted by atomic mass is 79.9. The molecule has 0 N–H and O–H groups in total. The molecule has 2 rings (SSSR count). The number of nitrogens with zero attached hydrogens (tertiary/aromatic N) is 3. The molecule has 0 atom stereocenters. The molecule has 0 fully saturated rings. The van der Waals surface area contributed by atoms with E-state index in [-0.39, 0.29) is 5.69 Å². The fourth-order valence-electron chi connectivity index (χ4n) is 1.14. The molecule has 0 aliphatic carbocycles. The van der Waals surface area contributed by atoms with Crippen LogP contribution >= 0.6 is 15.9 Å². The van der Waals surface area contributed by atoms with Crippen molar-refractivity contribution < 1.29 is 13.2 Å². The summed E-state index contributed by atoms with van der Waals surface area (Å²) >= 11 is 3.16. The number of halogens is 4. The van der Waals surface area contributed by atoms with Gasteiger partial charge in [-0.15, -0.1) is 10.2 Å². The Kier molecular flexibility index (Phi) is 2.11. The van der Waals surface area contributed by atoms with Crippen molar-refractivity contribution in [3.05, 3.63) is 28.0 Å². The standard InChI is InChI=1S/C8H5BrF3N3/c1-4-2-6(13-3-5(4)9)7(14-15-7)8(10,11)12/h2-3H,1H3. The molecule has 0 amide bonds. The summed E-state index contributed by atoms with van der Waals surface area (Å²) in [5.74, 6) is 0. The first kappa shape index (κ1) is 10.5. The van der Waals surface area contributed by atoms with Crippen molar-refractivity contribution >= 4 is 15.9 Å². The van der Waals surface area contributed by atoms with Gasteiger partial charge < -0.3 is 0 Å². The van der Waals surface area contributed by atoms with E-state index >= 15 is 0 Å². The monoisotopic (exact) mass is 279 g/mol. The van der Waals surface area contributed by atoms with Crippen molar-refractivity contribution in [1.29, 1.82) is 0 Å². The van der Waals surface area contributed by atoms with Gasteiger partial charge in [-0.05, 0) is 34.5 Å². The van der Waals surface area contributed by atoms with Crippen LogP contribution in [0.4, 0.5) is 13.2 Å². The molecule has 0 aromatic carbocycles. The Hall–Kier alpha value is -0.980. The van der Waals surface area contributed by atoms with Gasteiger partial charge in [-0.1, -0.05) is 0 Å². The number of aromatic nitrogens is 1. The Labute approximate surface area is 91.6 Å². The van der Waals surface area contributed by atoms with Gasteiger partial charge in [0.2, 0.25) is 0 Å². The van der Waals surface area contributed by atoms with E-state index in [0.29, 0.717) is 10.0 Å². The minimum atomic E-state index is -4.51. The minimum Gasteiger partial charge on any atom is -0.255 e. The van der Waals surface area contributed by atoms with Crippen LogP contribution in [0.2, 0.25) is 0 Å². The predicted octanol–water partition coefficient (Wildman–Crippen LogP) is 3.33. The fraction of sp³-hybridized carbons (Fsp3) is 0.375. The third-order valence-corrected chi connectivity index (χ3v) is 2.93. The maximum Gasteiger partial charge on any atom is 0.443 e. The second-order valence-electron chi connectivity index (χ2n) is 3.19. The highest BCUT2D eigenvalue weighted by Gasteiger charge is 2.66. The fourth-order valence-corrected chi connectivity index (χ4v) is 1.36. The molecule has 7 heteroatoms. The summed E-state index contributed by atoms with van der Waals surface area (Å²) in [6, 6.07) is 1.33. The summed E-state index contributed by atoms with van der Waals surface area (Å²) in [5.41, 5.74) is -1.94. The van der Waals surface area contributed by atoms with E-state index in [1.165, 1.54) is 12.3 Å². The lowest BCUT2D eigenvalue weighted by Crippen LogP contribution is -2.31. The molecule has 1 aromatic heterocycles. The van der Waals surface area contributed by atoms with Crippen molar-refractivity contribution in [2.45, 2.75) is 18.8 Å². The van der Waals surface area contributed by atoms with Crippen molar-refractivity contribution in [3.63, 3.8) is 0 Å². The van der Waals surface area contributed by atoms with Crippen molar-refractivity contribution in [2.75, 3.05) is 0 Å². The zero-order chi connectivity index (χ0) is 11.3. The molecule has 2 heterocycles. The lowest BCUT2D eigenvalue weighted by Gasteiger charge is -2.14. The summed E-state index contributed by atoms with van der Waals surface area (Å²) in [5, 5.41) is 6.14. The number of alkyl halides is 3. The zero-order valence-corrected chi connectivity index (χ0v) is 9.09. The highest BCUT2D eigenvalue weighted by Crippen LogP contribution is 2.51. The van der Waals surface area contributed by atoms with Gasteiger partial charge >= 0.3 is 11.8 Å². The smallest absolute Gasteiger partial charge is 0.255 e. The molecule has 0 spiro atoms. The maximum absolute atomic E-state index is 12.6. The summed E-state index contributed by atoms with van der Waals surface area (Å²) in [4.78, 5) is 3.69. The van der Waals surface area contributed by atoms with Crippen molar-refractivity contribution in [2.24, 2.45) is 10.2 Å². The zero-order valence-electron chi connectivity index (χ0n) is 7.51. The quantitative estimate of drug-likeness (QED) is 0.777. The summed E-state index contributed by atoms with van der Waals surface area (Å²) in [6.07, 6.45) is -3.19. The number of rotatable bonds is 1. The molecule has 0 radical (unpaired) electrons. The van der Waals surface area contributed by atoms with Crippen LogP contribution in [0.3, 0.4) is 0 Å². The van der Waals surface area contributed by atoms with E-state index < -0.39 is 11.8 Å². The van der Waals surface area contributed by atoms with Gasteiger partial charge in [-0.25, -0.2) is 0 Å². The SMILES string of the molecule is Cc1cc(C2(C(F)(F)F)N=N2)ncc1Br. The van der Waals surface area contributed by atoms with Gasteiger partial charge in [0.25, 0.3) is 0 Å². The molecule has 15 heavy (non-hydrogen) atoms. The molecule has 1 aliphatic rings. The van der Waals surface area contributed by atoms with Crippen LogP contribution in [0.15, 0.2) is 27.0 Å². The van der Waals surface area contributed by atoms with Crippen molar-refractivity contribution in [1.82, 2.24) is 4.98 Å². The normalized spacial score (nSPS) is 17.9. The van der Waals surface area contributed by atoms with Gasteiger partial charge in [0.05, 0.1) is 0 Å². The van der Waals surface area contributed by atoms with Gasteiger partial charge in [-0.2, -0.15) is 13.2 Å². The van der Waals surface area contributed by atoms with Crippen LogP contribution in [-0.4, -0.2) is 11.2 Å². The molecule has 80 valence electrons. The Morgan fingerprint density at radius 1 is 1.33 bits per heavy atom. The average Bonchev–Trinajstić information content (AvgIpc) is 2.88. The van der Waals surface area contributed by atoms with E-state index in [4.69, 9.17) is 0 Å². The molecule has 0 saturated heterocycles. The topological polar surface area (TPSA) is 37.6 Å². The van der Waals surface area contributed by atoms with Crippen LogP contribution in [0.5, 0.6) is 0 Å². The average molecular weight is 280 g/mol. The van der Waals surface area contributed by atoms with Crippen LogP contribution in [0.1, 0.15) is 11.3 Å². The van der Waals surface area contributed by atoms with Gasteiger partial charge in [-0.3, -0.25) is 4.98 Å². The number of hydrogen-bond acceptors (Lipinski definition) is 3. The summed E-state index contributed by atoms with van der Waals surface area (Å²) < 4.78 is 38.4. The van der Waals surface area contributed by atoms with E-state index in [1.807, 2.05) is 0 Å². The second kappa shape index (κ2) is 3.01. The van der Waals surface area contributed by atoms with Gasteiger partial charge in [0, 0.05) is 10.7 Å². The number of hydrogen-bond donors (Lipinski definition) is 0. The Bertz CT molecular complexity index is 435. The highest BCUT2D eigenvalue weighted by molar-refractivity contribution is 9.10. The van der Waals surface area contributed by atoms with Crippen LogP contribution in [0.25, 0.3) is 0 Å². The molecule has 1 aliphatic heterocycles. The van der Waals surface area contributed by atoms with E-state index in [2.05, 4.69) is 31.1 Å². The third-order valence-electron chi connectivity index (χ3n) is 2.10. The number of aryl methyl sites for hydroxylation is 1. The molecular weight excluding hydrogens is 275 g/mol. The van der Waals surface area contributed by atoms with Crippen LogP contribution in [0, 0.1) is 6.92 Å². The maximum atomic E-state index is 12.6. The van der Waals surface area contributed by atoms with Crippen molar-refractivity contribution in [3.8, 4) is 0 Å². The molecule has 0 bridgehead atoms. The lowest BCUT2D eigenvalue weighted by molar-refractivity contribution is -0.167. The predicted molar refractivity (Wildman–Crippen MR) is 49.3 cm³/mol. The molecule has 0 saturated carbocycles. The Morgan fingerprint density at radius 2 is 1.93 bits per heavy atom. The molecule has 0 unspecified atom stereocenters. The molecular formula is C8H5BrF3N3. The summed E-state index contributed by atoms with van der Waals surface area (Å²) in [6.45, 7) is 1.68. The Balaban J connectivity index is 2.43. The number of pyridine rings is 1. The lowest BCUT2D eigenvalue weighted by atomic mass is 10.1. The Morgan fingerprint density at radius 3 is 2.33 bits per heavy atom. The largest absolute Gasteiger partial charge is 0.443 e. The third kappa shape index (κ3) is 1.54. The van der Waals surface area contributed by atoms with Crippen LogP contribution < -0.4 is 0 Å². The van der Waals surface area contributed by atoms with E-state index in [1.54, 1.807) is 6.92 Å². The first-order chi connectivity index (χ1) is 6.87. The van der Waals surface area contributed by atoms with Gasteiger partial charge in [0.1, 0.15) is 5.69 Å². The molecule has 1 aromatic rings. The van der Waals surface area contributed by atoms with E-state index in [0.717, 1.165) is 0 Å². The van der Waals surface area contributed by atoms with E-state index in [9.17, 15) is 13.2 Å². The second-order valence-corrected chi connectivity index (χ2v) is 4.04. The minimum absolute atomic E-state index is 0.185. The molecule has 3 nitrogen and oxygen atoms in total. The first-order valence-electron chi connectivity index (χ1n) is 4.00. The van der Waals surface area contributed by atoms with Gasteiger partial charge in [0.15, 0.2) is 0 Å². The first-order valence-corrected chi connectivity index (χ1v) is 4.79. The summed E-state index contributed by atoms with van der Waals surface area (Å²) in [7, 11) is 0. The van der Waals surface area contributed by atoms with Crippen LogP contribution in [-0.2, 0) is 5.66 Å².